The van der Waals surface area contributed by atoms with Crippen molar-refractivity contribution >= 4 is 11.6 Å². The zero-order valence-corrected chi connectivity index (χ0v) is 22.2. The van der Waals surface area contributed by atoms with E-state index in [4.69, 9.17) is 4.74 Å². The lowest BCUT2D eigenvalue weighted by atomic mass is 9.85. The molecule has 2 N–H and O–H groups in total. The number of aliphatic hydroxyl groups is 1. The van der Waals surface area contributed by atoms with Crippen LogP contribution in [-0.4, -0.2) is 11.0 Å². The molecule has 0 aromatic heterocycles. The number of nitrogens with one attached hydrogen (secondary N) is 1. The summed E-state index contributed by atoms with van der Waals surface area (Å²) in [6, 6.07) is 24.1. The Morgan fingerprint density at radius 1 is 0.944 bits per heavy atom. The maximum atomic E-state index is 13.4. The van der Waals surface area contributed by atoms with Gasteiger partial charge in [-0.05, 0) is 52.1 Å². The third kappa shape index (κ3) is 7.96. The van der Waals surface area contributed by atoms with E-state index in [0.29, 0.717) is 13.0 Å². The van der Waals surface area contributed by atoms with Gasteiger partial charge >= 0.3 is 0 Å². The van der Waals surface area contributed by atoms with Gasteiger partial charge in [0.15, 0.2) is 0 Å². The van der Waals surface area contributed by atoms with Crippen LogP contribution in [0.5, 0.6) is 5.75 Å². The molecule has 1 amide bonds. The molecule has 4 nitrogen and oxygen atoms in total. The predicted octanol–water partition coefficient (Wildman–Crippen LogP) is 7.75. The minimum Gasteiger partial charge on any atom is -0.489 e. The second-order valence-electron chi connectivity index (χ2n) is 10.5. The average molecular weight is 488 g/mol. The van der Waals surface area contributed by atoms with Crippen molar-refractivity contribution in [2.45, 2.75) is 84.3 Å². The quantitative estimate of drug-likeness (QED) is 0.257. The summed E-state index contributed by atoms with van der Waals surface area (Å²) >= 11 is 0. The number of benzene rings is 3. The Kier molecular flexibility index (Phi) is 10.1. The zero-order valence-electron chi connectivity index (χ0n) is 22.2. The summed E-state index contributed by atoms with van der Waals surface area (Å²) in [4.78, 5) is 13.4. The molecule has 3 rings (SSSR count). The third-order valence-electron chi connectivity index (χ3n) is 6.53. The van der Waals surface area contributed by atoms with Gasteiger partial charge in [-0.1, -0.05) is 108 Å². The van der Waals surface area contributed by atoms with Crippen LogP contribution in [0.4, 0.5) is 5.69 Å². The van der Waals surface area contributed by atoms with E-state index in [0.717, 1.165) is 59.4 Å². The van der Waals surface area contributed by atoms with E-state index >= 15 is 0 Å². The van der Waals surface area contributed by atoms with Crippen LogP contribution in [0.25, 0.3) is 0 Å². The number of hydrogen-bond donors (Lipinski definition) is 2. The summed E-state index contributed by atoms with van der Waals surface area (Å²) in [6.45, 7) is 9.02. The van der Waals surface area contributed by atoms with Crippen molar-refractivity contribution < 1.29 is 14.6 Å². The molecule has 0 saturated carbocycles. The molecule has 0 spiro atoms. The van der Waals surface area contributed by atoms with E-state index < -0.39 is 0 Å². The molecule has 0 aliphatic rings. The van der Waals surface area contributed by atoms with Crippen molar-refractivity contribution in [3.05, 3.63) is 95.1 Å². The highest BCUT2D eigenvalue weighted by atomic mass is 16.5. The fourth-order valence-corrected chi connectivity index (χ4v) is 4.57. The van der Waals surface area contributed by atoms with Crippen LogP contribution < -0.4 is 10.1 Å². The van der Waals surface area contributed by atoms with Crippen molar-refractivity contribution in [1.82, 2.24) is 0 Å². The van der Waals surface area contributed by atoms with E-state index in [1.807, 2.05) is 54.6 Å². The van der Waals surface area contributed by atoms with Crippen LogP contribution in [0.3, 0.4) is 0 Å². The number of hydrogen-bond acceptors (Lipinski definition) is 3. The van der Waals surface area contributed by atoms with Crippen LogP contribution in [0, 0.1) is 0 Å². The van der Waals surface area contributed by atoms with Gasteiger partial charge in [-0.2, -0.15) is 0 Å². The normalized spacial score (nSPS) is 12.2. The predicted molar refractivity (Wildman–Crippen MR) is 148 cm³/mol. The number of aliphatic hydroxyl groups excluding tert-OH is 1. The highest BCUT2D eigenvalue weighted by Gasteiger charge is 2.23. The minimum absolute atomic E-state index is 0.0186. The molecule has 0 aliphatic heterocycles. The molecule has 1 atom stereocenters. The molecule has 0 saturated heterocycles. The molecule has 192 valence electrons. The van der Waals surface area contributed by atoms with E-state index in [1.165, 1.54) is 0 Å². The van der Waals surface area contributed by atoms with Gasteiger partial charge < -0.3 is 15.2 Å². The molecule has 3 aromatic rings. The van der Waals surface area contributed by atoms with Crippen molar-refractivity contribution in [1.29, 1.82) is 0 Å². The average Bonchev–Trinajstić information content (AvgIpc) is 2.87. The Balaban J connectivity index is 1.82. The van der Waals surface area contributed by atoms with Gasteiger partial charge in [0.2, 0.25) is 5.91 Å². The van der Waals surface area contributed by atoms with Crippen LogP contribution in [-0.2, 0) is 23.4 Å². The summed E-state index contributed by atoms with van der Waals surface area (Å²) < 4.78 is 6.24. The lowest BCUT2D eigenvalue weighted by molar-refractivity contribution is -0.116. The monoisotopic (exact) mass is 487 g/mol. The molecule has 0 radical (unpaired) electrons. The number of amides is 1. The molecule has 36 heavy (non-hydrogen) atoms. The van der Waals surface area contributed by atoms with Gasteiger partial charge in [0, 0.05) is 12.1 Å². The first-order valence-electron chi connectivity index (χ1n) is 13.1. The molecular weight excluding hydrogens is 446 g/mol. The minimum atomic E-state index is -0.130. The maximum absolute atomic E-state index is 13.4. The Labute approximate surface area is 216 Å². The number of rotatable bonds is 12. The summed E-state index contributed by atoms with van der Waals surface area (Å²) in [7, 11) is 0. The van der Waals surface area contributed by atoms with Crippen molar-refractivity contribution in [2.75, 3.05) is 5.32 Å². The lowest BCUT2D eigenvalue weighted by Gasteiger charge is -2.25. The van der Waals surface area contributed by atoms with Crippen LogP contribution >= 0.6 is 0 Å². The standard InChI is InChI=1S/C32H41NO3/c1-5-6-8-15-26(27-16-11-12-17-30(27)36-23-24-13-9-7-10-14-24)21-31(35)33-29-20-25(22-34)18-19-28(29)32(2,3)4/h7,9-14,16-20,26,34H,5-6,8,15,21-23H2,1-4H3,(H,33,35). The molecule has 0 fully saturated rings. The van der Waals surface area contributed by atoms with Gasteiger partial charge in [0.25, 0.3) is 0 Å². The Morgan fingerprint density at radius 2 is 1.67 bits per heavy atom. The molecule has 4 heteroatoms. The number of unbranched alkanes of at least 4 members (excludes halogenated alkanes) is 2. The van der Waals surface area contributed by atoms with E-state index in [2.05, 4.69) is 51.2 Å². The number of anilines is 1. The van der Waals surface area contributed by atoms with E-state index in [-0.39, 0.29) is 23.8 Å². The summed E-state index contributed by atoms with van der Waals surface area (Å²) in [5, 5.41) is 12.8. The molecule has 3 aromatic carbocycles. The fourth-order valence-electron chi connectivity index (χ4n) is 4.57. The summed E-state index contributed by atoms with van der Waals surface area (Å²) in [5.74, 6) is 0.880. The SMILES string of the molecule is CCCCCC(CC(=O)Nc1cc(CO)ccc1C(C)(C)C)c1ccccc1OCc1ccccc1. The number of ether oxygens (including phenoxy) is 1. The Hall–Kier alpha value is -3.11. The summed E-state index contributed by atoms with van der Waals surface area (Å²) in [5.41, 5.74) is 4.69. The molecule has 0 aliphatic carbocycles. The lowest BCUT2D eigenvalue weighted by Crippen LogP contribution is -2.21. The first-order chi connectivity index (χ1) is 17.3. The Bertz CT molecular complexity index is 1100. The van der Waals surface area contributed by atoms with E-state index in [1.54, 1.807) is 0 Å². The second-order valence-corrected chi connectivity index (χ2v) is 10.5. The molecule has 0 bridgehead atoms. The first kappa shape index (κ1) is 27.5. The number of carbonyl (C=O) groups excluding carboxylic acids is 1. The van der Waals surface area contributed by atoms with Gasteiger partial charge in [0.05, 0.1) is 6.61 Å². The van der Waals surface area contributed by atoms with Gasteiger partial charge in [-0.15, -0.1) is 0 Å². The highest BCUT2D eigenvalue weighted by molar-refractivity contribution is 5.92. The van der Waals surface area contributed by atoms with Gasteiger partial charge in [-0.25, -0.2) is 0 Å². The smallest absolute Gasteiger partial charge is 0.224 e. The molecule has 0 heterocycles. The van der Waals surface area contributed by atoms with Crippen LogP contribution in [0.15, 0.2) is 72.8 Å². The van der Waals surface area contributed by atoms with Crippen LogP contribution in [0.2, 0.25) is 0 Å². The summed E-state index contributed by atoms with van der Waals surface area (Å²) in [6.07, 6.45) is 4.64. The number of para-hydroxylation sites is 1. The molecular formula is C32H41NO3. The fraction of sp³-hybridized carbons (Fsp3) is 0.406. The maximum Gasteiger partial charge on any atom is 0.224 e. The second kappa shape index (κ2) is 13.3. The largest absolute Gasteiger partial charge is 0.489 e. The first-order valence-corrected chi connectivity index (χ1v) is 13.1. The van der Waals surface area contributed by atoms with E-state index in [9.17, 15) is 9.90 Å². The van der Waals surface area contributed by atoms with Crippen molar-refractivity contribution in [3.63, 3.8) is 0 Å². The van der Waals surface area contributed by atoms with Crippen molar-refractivity contribution in [2.24, 2.45) is 0 Å². The molecule has 1 unspecified atom stereocenters. The third-order valence-corrected chi connectivity index (χ3v) is 6.53. The van der Waals surface area contributed by atoms with Crippen LogP contribution in [0.1, 0.15) is 88.0 Å². The van der Waals surface area contributed by atoms with Crippen molar-refractivity contribution in [3.8, 4) is 5.75 Å². The topological polar surface area (TPSA) is 58.6 Å². The zero-order chi connectivity index (χ0) is 26.0. The van der Waals surface area contributed by atoms with Gasteiger partial charge in [0.1, 0.15) is 12.4 Å². The van der Waals surface area contributed by atoms with Gasteiger partial charge in [-0.3, -0.25) is 4.79 Å². The number of carbonyl (C=O) groups is 1. The Morgan fingerprint density at radius 3 is 2.36 bits per heavy atom. The highest BCUT2D eigenvalue weighted by Crippen LogP contribution is 2.35.